The minimum absolute atomic E-state index is 0.0961. The van der Waals surface area contributed by atoms with Crippen LogP contribution in [0, 0.1) is 6.92 Å². The first-order valence-corrected chi connectivity index (χ1v) is 8.47. The summed E-state index contributed by atoms with van der Waals surface area (Å²) in [5.41, 5.74) is 13.7. The summed E-state index contributed by atoms with van der Waals surface area (Å²) in [5.74, 6) is 0.238. The largest absolute Gasteiger partial charge is 0.365 e. The molecule has 0 saturated heterocycles. The lowest BCUT2D eigenvalue weighted by atomic mass is 10.1. The SMILES string of the molecule is CC[C@@H](Nc1ncc(C(N)=O)c(Nc2cccc(C)c2)n1)C1(N)CC1. The molecule has 132 valence electrons. The van der Waals surface area contributed by atoms with E-state index in [1.54, 1.807) is 0 Å². The number of nitrogens with two attached hydrogens (primary N) is 2. The summed E-state index contributed by atoms with van der Waals surface area (Å²) in [6, 6.07) is 7.89. The van der Waals surface area contributed by atoms with Crippen molar-refractivity contribution in [1.29, 1.82) is 0 Å². The Kier molecular flexibility index (Phi) is 4.59. The van der Waals surface area contributed by atoms with Gasteiger partial charge < -0.3 is 22.1 Å². The lowest BCUT2D eigenvalue weighted by Gasteiger charge is -2.23. The lowest BCUT2D eigenvalue weighted by molar-refractivity contribution is 0.100. The van der Waals surface area contributed by atoms with Crippen LogP contribution >= 0.6 is 0 Å². The number of hydrogen-bond acceptors (Lipinski definition) is 6. The van der Waals surface area contributed by atoms with Crippen molar-refractivity contribution in [2.24, 2.45) is 11.5 Å². The molecule has 1 aliphatic carbocycles. The summed E-state index contributed by atoms with van der Waals surface area (Å²) in [7, 11) is 0. The predicted molar refractivity (Wildman–Crippen MR) is 98.9 cm³/mol. The van der Waals surface area contributed by atoms with Gasteiger partial charge in [-0.15, -0.1) is 0 Å². The van der Waals surface area contributed by atoms with E-state index in [1.165, 1.54) is 6.20 Å². The molecule has 1 heterocycles. The molecule has 0 unspecified atom stereocenters. The molecule has 25 heavy (non-hydrogen) atoms. The second-order valence-electron chi connectivity index (χ2n) is 6.65. The third kappa shape index (κ3) is 3.88. The molecule has 1 aromatic heterocycles. The van der Waals surface area contributed by atoms with Crippen LogP contribution in [-0.4, -0.2) is 27.5 Å². The Balaban J connectivity index is 1.88. The molecule has 2 aromatic rings. The normalized spacial score (nSPS) is 16.1. The van der Waals surface area contributed by atoms with E-state index in [1.807, 2.05) is 31.2 Å². The fraction of sp³-hybridized carbons (Fsp3) is 0.389. The van der Waals surface area contributed by atoms with Gasteiger partial charge in [0.2, 0.25) is 5.95 Å². The second-order valence-corrected chi connectivity index (χ2v) is 6.65. The van der Waals surface area contributed by atoms with Gasteiger partial charge >= 0.3 is 0 Å². The fourth-order valence-corrected chi connectivity index (χ4v) is 2.89. The third-order valence-corrected chi connectivity index (χ3v) is 4.57. The van der Waals surface area contributed by atoms with Gasteiger partial charge in [-0.1, -0.05) is 19.1 Å². The zero-order chi connectivity index (χ0) is 18.0. The fourth-order valence-electron chi connectivity index (χ4n) is 2.89. The average Bonchev–Trinajstić information content (AvgIpc) is 3.31. The van der Waals surface area contributed by atoms with E-state index in [9.17, 15) is 4.79 Å². The van der Waals surface area contributed by atoms with Crippen molar-refractivity contribution in [3.63, 3.8) is 0 Å². The highest BCUT2D eigenvalue weighted by atomic mass is 16.1. The molecular formula is C18H24N6O. The Morgan fingerprint density at radius 3 is 2.76 bits per heavy atom. The molecule has 7 heteroatoms. The number of benzene rings is 1. The summed E-state index contributed by atoms with van der Waals surface area (Å²) in [6.07, 6.45) is 4.30. The Morgan fingerprint density at radius 2 is 2.16 bits per heavy atom. The number of nitrogens with one attached hydrogen (secondary N) is 2. The Bertz CT molecular complexity index is 787. The number of aryl methyl sites for hydroxylation is 1. The van der Waals surface area contributed by atoms with Crippen LogP contribution in [0.5, 0.6) is 0 Å². The van der Waals surface area contributed by atoms with E-state index in [0.29, 0.717) is 11.8 Å². The highest BCUT2D eigenvalue weighted by Crippen LogP contribution is 2.38. The average molecular weight is 340 g/mol. The number of carbonyl (C=O) groups excluding carboxylic acids is 1. The zero-order valence-corrected chi connectivity index (χ0v) is 14.5. The molecule has 1 atom stereocenters. The molecule has 7 nitrogen and oxygen atoms in total. The minimum Gasteiger partial charge on any atom is -0.365 e. The van der Waals surface area contributed by atoms with E-state index >= 15 is 0 Å². The Hall–Kier alpha value is -2.67. The smallest absolute Gasteiger partial charge is 0.254 e. The van der Waals surface area contributed by atoms with Gasteiger partial charge in [0.05, 0.1) is 0 Å². The van der Waals surface area contributed by atoms with Crippen molar-refractivity contribution in [2.75, 3.05) is 10.6 Å². The zero-order valence-electron chi connectivity index (χ0n) is 14.5. The van der Waals surface area contributed by atoms with Crippen molar-refractivity contribution in [1.82, 2.24) is 9.97 Å². The number of nitrogens with zero attached hydrogens (tertiary/aromatic N) is 2. The minimum atomic E-state index is -0.578. The van der Waals surface area contributed by atoms with Gasteiger partial charge in [-0.05, 0) is 43.9 Å². The number of anilines is 3. The van der Waals surface area contributed by atoms with Gasteiger partial charge in [0.1, 0.15) is 11.4 Å². The summed E-state index contributed by atoms with van der Waals surface area (Å²) in [5, 5.41) is 6.45. The van der Waals surface area contributed by atoms with E-state index < -0.39 is 5.91 Å². The number of aromatic nitrogens is 2. The molecule has 1 fully saturated rings. The molecule has 0 spiro atoms. The molecule has 3 rings (SSSR count). The highest BCUT2D eigenvalue weighted by Gasteiger charge is 2.45. The van der Waals surface area contributed by atoms with Gasteiger partial charge in [-0.3, -0.25) is 4.79 Å². The number of hydrogen-bond donors (Lipinski definition) is 4. The Labute approximate surface area is 147 Å². The van der Waals surface area contributed by atoms with Crippen molar-refractivity contribution >= 4 is 23.4 Å². The summed E-state index contributed by atoms with van der Waals surface area (Å²) in [6.45, 7) is 4.07. The molecule has 0 radical (unpaired) electrons. The molecule has 0 aliphatic heterocycles. The maximum absolute atomic E-state index is 11.7. The van der Waals surface area contributed by atoms with Crippen LogP contribution in [0.4, 0.5) is 17.5 Å². The van der Waals surface area contributed by atoms with Gasteiger partial charge in [0.15, 0.2) is 0 Å². The van der Waals surface area contributed by atoms with Crippen molar-refractivity contribution in [2.45, 2.75) is 44.7 Å². The van der Waals surface area contributed by atoms with Crippen molar-refractivity contribution in [3.05, 3.63) is 41.6 Å². The maximum Gasteiger partial charge on any atom is 0.254 e. The molecule has 1 amide bonds. The van der Waals surface area contributed by atoms with Crippen LogP contribution in [0.3, 0.4) is 0 Å². The molecular weight excluding hydrogens is 316 g/mol. The standard InChI is InChI=1S/C18H24N6O/c1-3-14(18(20)7-8-18)23-17-21-10-13(15(19)25)16(24-17)22-12-6-4-5-11(2)9-12/h4-6,9-10,14H,3,7-8,20H2,1-2H3,(H2,19,25)(H2,21,22,23,24)/t14-/m1/s1. The van der Waals surface area contributed by atoms with Crippen LogP contribution in [0.1, 0.15) is 42.1 Å². The van der Waals surface area contributed by atoms with E-state index in [0.717, 1.165) is 30.5 Å². The second kappa shape index (κ2) is 6.68. The molecule has 6 N–H and O–H groups in total. The summed E-state index contributed by atoms with van der Waals surface area (Å²) >= 11 is 0. The van der Waals surface area contributed by atoms with Gasteiger partial charge in [0, 0.05) is 23.5 Å². The van der Waals surface area contributed by atoms with Crippen LogP contribution in [-0.2, 0) is 0 Å². The van der Waals surface area contributed by atoms with Crippen LogP contribution in [0.15, 0.2) is 30.5 Å². The first-order chi connectivity index (χ1) is 11.9. The monoisotopic (exact) mass is 340 g/mol. The van der Waals surface area contributed by atoms with Crippen LogP contribution < -0.4 is 22.1 Å². The number of rotatable bonds is 7. The molecule has 0 bridgehead atoms. The van der Waals surface area contributed by atoms with Crippen molar-refractivity contribution < 1.29 is 4.79 Å². The number of carbonyl (C=O) groups is 1. The molecule has 1 aliphatic rings. The first kappa shape index (κ1) is 17.2. The topological polar surface area (TPSA) is 119 Å². The summed E-state index contributed by atoms with van der Waals surface area (Å²) < 4.78 is 0. The maximum atomic E-state index is 11.7. The Morgan fingerprint density at radius 1 is 1.40 bits per heavy atom. The summed E-state index contributed by atoms with van der Waals surface area (Å²) in [4.78, 5) is 20.4. The number of amides is 1. The van der Waals surface area contributed by atoms with Crippen LogP contribution in [0.25, 0.3) is 0 Å². The van der Waals surface area contributed by atoms with Crippen LogP contribution in [0.2, 0.25) is 0 Å². The lowest BCUT2D eigenvalue weighted by Crippen LogP contribution is -2.42. The predicted octanol–water partition coefficient (Wildman–Crippen LogP) is 2.31. The quantitative estimate of drug-likeness (QED) is 0.614. The van der Waals surface area contributed by atoms with Gasteiger partial charge in [0.25, 0.3) is 5.91 Å². The van der Waals surface area contributed by atoms with E-state index in [2.05, 4.69) is 27.5 Å². The first-order valence-electron chi connectivity index (χ1n) is 8.47. The van der Waals surface area contributed by atoms with Gasteiger partial charge in [-0.2, -0.15) is 4.98 Å². The van der Waals surface area contributed by atoms with Gasteiger partial charge in [-0.25, -0.2) is 4.98 Å². The number of primary amides is 1. The van der Waals surface area contributed by atoms with Crippen molar-refractivity contribution in [3.8, 4) is 0 Å². The van der Waals surface area contributed by atoms with E-state index in [-0.39, 0.29) is 17.1 Å². The third-order valence-electron chi connectivity index (χ3n) is 4.57. The molecule has 1 saturated carbocycles. The molecule has 1 aromatic carbocycles. The van der Waals surface area contributed by atoms with E-state index in [4.69, 9.17) is 11.5 Å². The highest BCUT2D eigenvalue weighted by molar-refractivity contribution is 5.98.